The highest BCUT2D eigenvalue weighted by molar-refractivity contribution is 5.83. The number of piperazine rings is 1. The largest absolute Gasteiger partial charge is 0.322 e. The highest BCUT2D eigenvalue weighted by Gasteiger charge is 2.24. The summed E-state index contributed by atoms with van der Waals surface area (Å²) >= 11 is 0. The van der Waals surface area contributed by atoms with Gasteiger partial charge in [-0.15, -0.1) is 0 Å². The molecule has 1 aliphatic heterocycles. The molecule has 1 amide bonds. The Balaban J connectivity index is 1.40. The topological polar surface area (TPSA) is 93.5 Å². The summed E-state index contributed by atoms with van der Waals surface area (Å²) in [6, 6.07) is 16.6. The maximum absolute atomic E-state index is 12.1. The fraction of sp³-hybridized carbons (Fsp3) is 0.300. The first-order chi connectivity index (χ1) is 13.6. The Morgan fingerprint density at radius 1 is 1.07 bits per heavy atom. The van der Waals surface area contributed by atoms with E-state index in [2.05, 4.69) is 34.8 Å². The number of nitrogens with one attached hydrogen (secondary N) is 3. The van der Waals surface area contributed by atoms with Gasteiger partial charge >= 0.3 is 0 Å². The maximum Gasteiger partial charge on any atom is 0.295 e. The molecule has 3 N–H and O–H groups in total. The third-order valence-corrected chi connectivity index (χ3v) is 4.86. The predicted molar refractivity (Wildman–Crippen MR) is 105 cm³/mol. The van der Waals surface area contributed by atoms with Crippen LogP contribution in [0.25, 0.3) is 0 Å². The van der Waals surface area contributed by atoms with Gasteiger partial charge in [0, 0.05) is 23.3 Å². The van der Waals surface area contributed by atoms with Crippen molar-refractivity contribution in [2.45, 2.75) is 6.54 Å². The summed E-state index contributed by atoms with van der Waals surface area (Å²) in [6.45, 7) is 5.37. The Bertz CT molecular complexity index is 833. The van der Waals surface area contributed by atoms with Crippen molar-refractivity contribution < 1.29 is 19.5 Å². The molecule has 1 saturated heterocycles. The number of nitro benzene ring substituents is 1. The van der Waals surface area contributed by atoms with Gasteiger partial charge in [-0.3, -0.25) is 14.9 Å². The summed E-state index contributed by atoms with van der Waals surface area (Å²) in [7, 11) is 0. The molecule has 1 fully saturated rings. The molecular weight excluding hydrogens is 358 g/mol. The summed E-state index contributed by atoms with van der Waals surface area (Å²) in [5.41, 5.74) is 4.42. The van der Waals surface area contributed by atoms with Crippen molar-refractivity contribution in [3.8, 4) is 0 Å². The fourth-order valence-corrected chi connectivity index (χ4v) is 3.36. The molecule has 0 unspecified atom stereocenters. The Hall–Kier alpha value is -3.10. The van der Waals surface area contributed by atoms with Gasteiger partial charge in [-0.05, 0) is 0 Å². The number of rotatable bonds is 7. The van der Waals surface area contributed by atoms with Gasteiger partial charge in [0.2, 0.25) is 0 Å². The molecule has 28 heavy (non-hydrogen) atoms. The lowest BCUT2D eigenvalue weighted by Gasteiger charge is -2.29. The van der Waals surface area contributed by atoms with E-state index in [0.717, 1.165) is 32.7 Å². The van der Waals surface area contributed by atoms with Crippen molar-refractivity contribution in [2.75, 3.05) is 32.7 Å². The van der Waals surface area contributed by atoms with Gasteiger partial charge in [-0.2, -0.15) is 5.10 Å². The number of amides is 1. The molecule has 1 aliphatic rings. The van der Waals surface area contributed by atoms with E-state index in [4.69, 9.17) is 0 Å². The van der Waals surface area contributed by atoms with Gasteiger partial charge in [0.25, 0.3) is 11.6 Å². The van der Waals surface area contributed by atoms with Crippen molar-refractivity contribution >= 4 is 17.8 Å². The average Bonchev–Trinajstić information content (AvgIpc) is 2.70. The van der Waals surface area contributed by atoms with Crippen LogP contribution in [0.2, 0.25) is 0 Å². The number of hydrogen-bond donors (Lipinski definition) is 3. The van der Waals surface area contributed by atoms with Crippen LogP contribution in [0.3, 0.4) is 0 Å². The molecule has 0 atom stereocenters. The SMILES string of the molecule is O=C(C[NH+]1CC[NH+](Cc2ccccc2)CC1)NN=Cc1cccc([N+](=O)[O-])c1. The predicted octanol–water partition coefficient (Wildman–Crippen LogP) is -0.971. The number of hydrogen-bond acceptors (Lipinski definition) is 4. The Kier molecular flexibility index (Phi) is 6.83. The van der Waals surface area contributed by atoms with Crippen LogP contribution < -0.4 is 15.2 Å². The van der Waals surface area contributed by atoms with Gasteiger partial charge in [-0.25, -0.2) is 5.43 Å². The van der Waals surface area contributed by atoms with Crippen LogP contribution in [-0.2, 0) is 11.3 Å². The number of nitro groups is 1. The highest BCUT2D eigenvalue weighted by atomic mass is 16.6. The molecule has 0 aromatic heterocycles. The zero-order chi connectivity index (χ0) is 19.8. The van der Waals surface area contributed by atoms with E-state index in [1.807, 2.05) is 6.07 Å². The Labute approximate surface area is 163 Å². The molecule has 0 bridgehead atoms. The normalized spacial score (nSPS) is 19.4. The molecule has 0 saturated carbocycles. The number of benzene rings is 2. The minimum absolute atomic E-state index is 0.00408. The van der Waals surface area contributed by atoms with Gasteiger partial charge < -0.3 is 9.80 Å². The van der Waals surface area contributed by atoms with Crippen LogP contribution in [0.1, 0.15) is 11.1 Å². The van der Waals surface area contributed by atoms with E-state index in [1.54, 1.807) is 17.0 Å². The van der Waals surface area contributed by atoms with Crippen molar-refractivity contribution in [1.82, 2.24) is 5.43 Å². The first kappa shape index (κ1) is 19.7. The van der Waals surface area contributed by atoms with E-state index in [0.29, 0.717) is 12.1 Å². The van der Waals surface area contributed by atoms with Gasteiger partial charge in [0.1, 0.15) is 32.7 Å². The molecule has 2 aromatic carbocycles. The van der Waals surface area contributed by atoms with Crippen molar-refractivity contribution in [3.63, 3.8) is 0 Å². The molecule has 2 aromatic rings. The van der Waals surface area contributed by atoms with E-state index >= 15 is 0 Å². The quantitative estimate of drug-likeness (QED) is 0.326. The van der Waals surface area contributed by atoms with Crippen LogP contribution in [-0.4, -0.2) is 49.8 Å². The first-order valence-electron chi connectivity index (χ1n) is 9.37. The highest BCUT2D eigenvalue weighted by Crippen LogP contribution is 2.11. The maximum atomic E-state index is 12.1. The van der Waals surface area contributed by atoms with Crippen molar-refractivity contribution in [2.24, 2.45) is 5.10 Å². The standard InChI is InChI=1S/C20H23N5O3/c26-20(22-21-14-18-7-4-8-19(13-18)25(27)28)16-24-11-9-23(10-12-24)15-17-5-2-1-3-6-17/h1-8,13-14H,9-12,15-16H2,(H,22,26)/p+2. The number of carbonyl (C=O) groups is 1. The molecule has 0 spiro atoms. The van der Waals surface area contributed by atoms with Crippen molar-refractivity contribution in [1.29, 1.82) is 0 Å². The summed E-state index contributed by atoms with van der Waals surface area (Å²) in [5, 5.41) is 14.7. The smallest absolute Gasteiger partial charge is 0.295 e. The minimum Gasteiger partial charge on any atom is -0.322 e. The van der Waals surface area contributed by atoms with E-state index < -0.39 is 4.92 Å². The minimum atomic E-state index is -0.460. The molecule has 3 rings (SSSR count). The average molecular weight is 383 g/mol. The fourth-order valence-electron chi connectivity index (χ4n) is 3.36. The van der Waals surface area contributed by atoms with Crippen LogP contribution >= 0.6 is 0 Å². The number of carbonyl (C=O) groups excluding carboxylic acids is 1. The Morgan fingerprint density at radius 2 is 1.79 bits per heavy atom. The lowest BCUT2D eigenvalue weighted by atomic mass is 10.2. The summed E-state index contributed by atoms with van der Waals surface area (Å²) in [6.07, 6.45) is 1.42. The molecular formula is C20H25N5O3+2. The van der Waals surface area contributed by atoms with Crippen LogP contribution in [0.15, 0.2) is 59.7 Å². The molecule has 8 nitrogen and oxygen atoms in total. The summed E-state index contributed by atoms with van der Waals surface area (Å²) < 4.78 is 0. The van der Waals surface area contributed by atoms with Gasteiger partial charge in [0.05, 0.1) is 11.1 Å². The van der Waals surface area contributed by atoms with E-state index in [9.17, 15) is 14.9 Å². The molecule has 0 radical (unpaired) electrons. The number of quaternary nitrogens is 2. The van der Waals surface area contributed by atoms with Crippen LogP contribution in [0.4, 0.5) is 5.69 Å². The van der Waals surface area contributed by atoms with Crippen LogP contribution in [0, 0.1) is 10.1 Å². The third kappa shape index (κ3) is 5.97. The second-order valence-electron chi connectivity index (χ2n) is 6.98. The number of nitrogens with zero attached hydrogens (tertiary/aromatic N) is 2. The van der Waals surface area contributed by atoms with Crippen LogP contribution in [0.5, 0.6) is 0 Å². The third-order valence-electron chi connectivity index (χ3n) is 4.86. The van der Waals surface area contributed by atoms with E-state index in [1.165, 1.54) is 28.8 Å². The number of hydrazone groups is 1. The summed E-state index contributed by atoms with van der Waals surface area (Å²) in [4.78, 5) is 25.2. The zero-order valence-electron chi connectivity index (χ0n) is 15.6. The molecule has 146 valence electrons. The Morgan fingerprint density at radius 3 is 2.50 bits per heavy atom. The van der Waals surface area contributed by atoms with Crippen molar-refractivity contribution in [3.05, 3.63) is 75.8 Å². The summed E-state index contributed by atoms with van der Waals surface area (Å²) in [5.74, 6) is -0.150. The molecule has 1 heterocycles. The molecule has 8 heteroatoms. The number of non-ortho nitro benzene ring substituents is 1. The molecule has 0 aliphatic carbocycles. The monoisotopic (exact) mass is 383 g/mol. The van der Waals surface area contributed by atoms with Gasteiger partial charge in [-0.1, -0.05) is 42.5 Å². The zero-order valence-corrected chi connectivity index (χ0v) is 15.6. The second kappa shape index (κ2) is 9.72. The lowest BCUT2D eigenvalue weighted by Crippen LogP contribution is -3.28. The first-order valence-corrected chi connectivity index (χ1v) is 9.37. The van der Waals surface area contributed by atoms with E-state index in [-0.39, 0.29) is 11.6 Å². The lowest BCUT2D eigenvalue weighted by molar-refractivity contribution is -1.02. The second-order valence-corrected chi connectivity index (χ2v) is 6.98. The van der Waals surface area contributed by atoms with Gasteiger partial charge in [0.15, 0.2) is 6.54 Å².